The minimum atomic E-state index is -0.522. The van der Waals surface area contributed by atoms with Crippen LogP contribution in [0.3, 0.4) is 0 Å². The number of rotatable bonds is 8. The third-order valence-corrected chi connectivity index (χ3v) is 3.33. The zero-order valence-electron chi connectivity index (χ0n) is 11.8. The minimum absolute atomic E-state index is 0.256. The van der Waals surface area contributed by atoms with Crippen LogP contribution in [-0.2, 0) is 9.53 Å². The smallest absolute Gasteiger partial charge is 0.341 e. The average Bonchev–Trinajstić information content (AvgIpc) is 2.49. The summed E-state index contributed by atoms with van der Waals surface area (Å²) in [5.41, 5.74) is 0.388. The van der Waals surface area contributed by atoms with E-state index in [1.807, 2.05) is 6.26 Å². The Kier molecular flexibility index (Phi) is 7.72. The molecule has 1 aromatic rings. The molecular weight excluding hydrogens is 276 g/mol. The number of carbonyl (C=O) groups excluding carboxylic acids is 2. The van der Waals surface area contributed by atoms with Gasteiger partial charge in [-0.1, -0.05) is 19.8 Å². The molecule has 20 heavy (non-hydrogen) atoms. The van der Waals surface area contributed by atoms with Gasteiger partial charge in [0.05, 0.1) is 5.56 Å². The highest BCUT2D eigenvalue weighted by Gasteiger charge is 2.14. The largest absolute Gasteiger partial charge is 0.452 e. The van der Waals surface area contributed by atoms with Gasteiger partial charge in [-0.3, -0.25) is 4.79 Å². The van der Waals surface area contributed by atoms with Crippen molar-refractivity contribution < 1.29 is 14.3 Å². The molecule has 0 aliphatic carbocycles. The van der Waals surface area contributed by atoms with E-state index in [4.69, 9.17) is 4.74 Å². The highest BCUT2D eigenvalue weighted by atomic mass is 32.2. The molecule has 0 unspecified atom stereocenters. The number of aromatic nitrogens is 1. The first-order valence-corrected chi connectivity index (χ1v) is 7.84. The van der Waals surface area contributed by atoms with E-state index >= 15 is 0 Å². The number of pyridine rings is 1. The number of hydrogen-bond donors (Lipinski definition) is 1. The highest BCUT2D eigenvalue weighted by Crippen LogP contribution is 2.17. The van der Waals surface area contributed by atoms with Gasteiger partial charge in [-0.2, -0.15) is 0 Å². The molecule has 1 amide bonds. The number of nitrogens with one attached hydrogen (secondary N) is 1. The summed E-state index contributed by atoms with van der Waals surface area (Å²) < 4.78 is 4.99. The molecule has 1 rings (SSSR count). The summed E-state index contributed by atoms with van der Waals surface area (Å²) in [7, 11) is 0. The zero-order valence-corrected chi connectivity index (χ0v) is 12.7. The van der Waals surface area contributed by atoms with Crippen molar-refractivity contribution in [3.63, 3.8) is 0 Å². The number of thioether (sulfide) groups is 1. The standard InChI is InChI=1S/C14H20N2O3S/c1-3-4-5-8-15-12(17)10-19-14(18)11-7-6-9-16-13(11)20-2/h6-7,9H,3-5,8,10H2,1-2H3,(H,15,17). The molecule has 0 saturated heterocycles. The van der Waals surface area contributed by atoms with Crippen LogP contribution in [0.4, 0.5) is 0 Å². The number of ether oxygens (including phenoxy) is 1. The Morgan fingerprint density at radius 3 is 2.90 bits per heavy atom. The van der Waals surface area contributed by atoms with Gasteiger partial charge in [0.2, 0.25) is 0 Å². The molecule has 0 fully saturated rings. The first-order valence-electron chi connectivity index (χ1n) is 6.61. The second-order valence-corrected chi connectivity index (χ2v) is 4.99. The molecule has 0 aliphatic rings. The molecule has 0 atom stereocenters. The SMILES string of the molecule is CCCCCNC(=O)COC(=O)c1cccnc1SC. The molecule has 6 heteroatoms. The second kappa shape index (κ2) is 9.36. The third kappa shape index (κ3) is 5.61. The molecule has 0 saturated carbocycles. The van der Waals surface area contributed by atoms with E-state index in [0.29, 0.717) is 17.1 Å². The predicted molar refractivity (Wildman–Crippen MR) is 78.8 cm³/mol. The van der Waals surface area contributed by atoms with Gasteiger partial charge in [0.25, 0.3) is 5.91 Å². The van der Waals surface area contributed by atoms with Crippen LogP contribution >= 0.6 is 11.8 Å². The van der Waals surface area contributed by atoms with Gasteiger partial charge in [-0.05, 0) is 24.8 Å². The summed E-state index contributed by atoms with van der Waals surface area (Å²) in [5.74, 6) is -0.796. The van der Waals surface area contributed by atoms with Gasteiger partial charge in [0.1, 0.15) is 5.03 Å². The fraction of sp³-hybridized carbons (Fsp3) is 0.500. The zero-order chi connectivity index (χ0) is 14.8. The molecular formula is C14H20N2O3S. The number of hydrogen-bond acceptors (Lipinski definition) is 5. The summed E-state index contributed by atoms with van der Waals surface area (Å²) in [6.07, 6.45) is 6.56. The summed E-state index contributed by atoms with van der Waals surface area (Å²) in [5, 5.41) is 3.31. The molecule has 0 spiro atoms. The average molecular weight is 296 g/mol. The molecule has 1 heterocycles. The molecule has 0 radical (unpaired) electrons. The molecule has 5 nitrogen and oxygen atoms in total. The normalized spacial score (nSPS) is 10.1. The van der Waals surface area contributed by atoms with E-state index in [1.165, 1.54) is 11.8 Å². The Balaban J connectivity index is 2.37. The van der Waals surface area contributed by atoms with Crippen LogP contribution in [0.1, 0.15) is 36.5 Å². The Labute approximate surface area is 123 Å². The quantitative estimate of drug-likeness (QED) is 0.453. The van der Waals surface area contributed by atoms with Gasteiger partial charge in [0.15, 0.2) is 6.61 Å². The topological polar surface area (TPSA) is 68.3 Å². The first kappa shape index (κ1) is 16.5. The Bertz CT molecular complexity index is 452. The predicted octanol–water partition coefficient (Wildman–Crippen LogP) is 2.27. The van der Waals surface area contributed by atoms with Crippen LogP contribution in [0.5, 0.6) is 0 Å². The van der Waals surface area contributed by atoms with Crippen LogP contribution in [-0.4, -0.2) is 36.3 Å². The van der Waals surface area contributed by atoms with E-state index in [9.17, 15) is 9.59 Å². The lowest BCUT2D eigenvalue weighted by Gasteiger charge is -2.07. The van der Waals surface area contributed by atoms with Crippen LogP contribution in [0.15, 0.2) is 23.4 Å². The van der Waals surface area contributed by atoms with Crippen molar-refractivity contribution in [2.75, 3.05) is 19.4 Å². The number of carbonyl (C=O) groups is 2. The summed E-state index contributed by atoms with van der Waals surface area (Å²) in [6, 6.07) is 3.31. The van der Waals surface area contributed by atoms with Crippen LogP contribution < -0.4 is 5.32 Å². The van der Waals surface area contributed by atoms with Crippen molar-refractivity contribution in [2.45, 2.75) is 31.2 Å². The lowest BCUT2D eigenvalue weighted by molar-refractivity contribution is -0.124. The Morgan fingerprint density at radius 2 is 2.20 bits per heavy atom. The molecule has 110 valence electrons. The molecule has 0 bridgehead atoms. The van der Waals surface area contributed by atoms with Crippen LogP contribution in [0, 0.1) is 0 Å². The summed E-state index contributed by atoms with van der Waals surface area (Å²) in [6.45, 7) is 2.46. The van der Waals surface area contributed by atoms with E-state index in [0.717, 1.165) is 19.3 Å². The van der Waals surface area contributed by atoms with Crippen LogP contribution in [0.25, 0.3) is 0 Å². The number of amides is 1. The maximum absolute atomic E-state index is 11.8. The van der Waals surface area contributed by atoms with Gasteiger partial charge in [-0.15, -0.1) is 11.8 Å². The van der Waals surface area contributed by atoms with Gasteiger partial charge < -0.3 is 10.1 Å². The van der Waals surface area contributed by atoms with Crippen molar-refractivity contribution in [2.24, 2.45) is 0 Å². The Hall–Kier alpha value is -1.56. The van der Waals surface area contributed by atoms with Crippen molar-refractivity contribution in [3.05, 3.63) is 23.9 Å². The molecule has 1 N–H and O–H groups in total. The molecule has 0 aromatic carbocycles. The number of unbranched alkanes of at least 4 members (excludes halogenated alkanes) is 2. The maximum atomic E-state index is 11.8. The third-order valence-electron chi connectivity index (χ3n) is 2.62. The van der Waals surface area contributed by atoms with Gasteiger partial charge in [0, 0.05) is 12.7 Å². The molecule has 1 aromatic heterocycles. The number of esters is 1. The Morgan fingerprint density at radius 1 is 1.40 bits per heavy atom. The second-order valence-electron chi connectivity index (χ2n) is 4.19. The van der Waals surface area contributed by atoms with Crippen molar-refractivity contribution in [1.29, 1.82) is 0 Å². The van der Waals surface area contributed by atoms with Gasteiger partial charge in [-0.25, -0.2) is 9.78 Å². The fourth-order valence-electron chi connectivity index (χ4n) is 1.57. The number of nitrogens with zero attached hydrogens (tertiary/aromatic N) is 1. The van der Waals surface area contributed by atoms with Gasteiger partial charge >= 0.3 is 5.97 Å². The fourth-order valence-corrected chi connectivity index (χ4v) is 2.11. The summed E-state index contributed by atoms with van der Waals surface area (Å²) >= 11 is 1.36. The van der Waals surface area contributed by atoms with E-state index in [2.05, 4.69) is 17.2 Å². The maximum Gasteiger partial charge on any atom is 0.341 e. The lowest BCUT2D eigenvalue weighted by Crippen LogP contribution is -2.29. The van der Waals surface area contributed by atoms with Crippen molar-refractivity contribution >= 4 is 23.6 Å². The van der Waals surface area contributed by atoms with E-state index < -0.39 is 5.97 Å². The highest BCUT2D eigenvalue weighted by molar-refractivity contribution is 7.98. The van der Waals surface area contributed by atoms with Crippen molar-refractivity contribution in [1.82, 2.24) is 10.3 Å². The van der Waals surface area contributed by atoms with E-state index in [-0.39, 0.29) is 12.5 Å². The van der Waals surface area contributed by atoms with E-state index in [1.54, 1.807) is 18.3 Å². The summed E-state index contributed by atoms with van der Waals surface area (Å²) in [4.78, 5) is 27.4. The molecule has 0 aliphatic heterocycles. The lowest BCUT2D eigenvalue weighted by atomic mass is 10.2. The minimum Gasteiger partial charge on any atom is -0.452 e. The van der Waals surface area contributed by atoms with Crippen LogP contribution in [0.2, 0.25) is 0 Å². The van der Waals surface area contributed by atoms with Crippen molar-refractivity contribution in [3.8, 4) is 0 Å². The monoisotopic (exact) mass is 296 g/mol. The first-order chi connectivity index (χ1) is 9.69.